The summed E-state index contributed by atoms with van der Waals surface area (Å²) in [5, 5.41) is 0. The molecule has 2 aromatic rings. The van der Waals surface area contributed by atoms with Gasteiger partial charge in [0.1, 0.15) is 23.4 Å². The molecule has 2 aliphatic heterocycles. The molecule has 5 heteroatoms. The first-order chi connectivity index (χ1) is 14.2. The third-order valence-electron chi connectivity index (χ3n) is 6.39. The first kappa shape index (κ1) is 18.7. The second-order valence-corrected chi connectivity index (χ2v) is 9.10. The molecule has 0 bridgehead atoms. The molecule has 2 unspecified atom stereocenters. The van der Waals surface area contributed by atoms with Crippen LogP contribution in [-0.4, -0.2) is 35.8 Å². The molecule has 1 saturated heterocycles. The molecule has 4 nitrogen and oxygen atoms in total. The van der Waals surface area contributed by atoms with Crippen molar-refractivity contribution in [3.8, 4) is 11.5 Å². The number of halogens is 1. The minimum atomic E-state index is 0.0795. The lowest BCUT2D eigenvalue weighted by Gasteiger charge is -2.38. The predicted octanol–water partition coefficient (Wildman–Crippen LogP) is 5.31. The SMILES string of the molecule is COc1ccc([C@H]2N=C3CC4C=CC[C@@H](Br)C4N3[C@@H]2c2ccc(OC)cc2)cc1. The second-order valence-electron chi connectivity index (χ2n) is 7.93. The topological polar surface area (TPSA) is 34.1 Å². The maximum absolute atomic E-state index is 5.39. The minimum Gasteiger partial charge on any atom is -0.497 e. The monoisotopic (exact) mass is 452 g/mol. The van der Waals surface area contributed by atoms with Crippen LogP contribution < -0.4 is 9.47 Å². The molecule has 0 amide bonds. The minimum absolute atomic E-state index is 0.0795. The highest BCUT2D eigenvalue weighted by molar-refractivity contribution is 9.09. The van der Waals surface area contributed by atoms with Crippen LogP contribution in [0.25, 0.3) is 0 Å². The predicted molar refractivity (Wildman–Crippen MR) is 119 cm³/mol. The summed E-state index contributed by atoms with van der Waals surface area (Å²) in [6.45, 7) is 0. The van der Waals surface area contributed by atoms with Gasteiger partial charge in [-0.1, -0.05) is 52.3 Å². The van der Waals surface area contributed by atoms with Crippen molar-refractivity contribution in [1.82, 2.24) is 4.90 Å². The molecule has 0 N–H and O–H groups in total. The number of nitrogens with zero attached hydrogens (tertiary/aromatic N) is 2. The summed E-state index contributed by atoms with van der Waals surface area (Å²) >= 11 is 3.97. The average Bonchev–Trinajstić information content (AvgIpc) is 3.30. The Hall–Kier alpha value is -2.27. The van der Waals surface area contributed by atoms with Gasteiger partial charge in [0, 0.05) is 17.2 Å². The number of benzene rings is 2. The van der Waals surface area contributed by atoms with Crippen LogP contribution in [0.2, 0.25) is 0 Å². The Kier molecular flexibility index (Phi) is 4.86. The van der Waals surface area contributed by atoms with E-state index in [4.69, 9.17) is 14.5 Å². The van der Waals surface area contributed by atoms with Crippen LogP contribution in [0.3, 0.4) is 0 Å². The normalized spacial score (nSPS) is 30.0. The highest BCUT2D eigenvalue weighted by Gasteiger charge is 2.50. The number of allylic oxidation sites excluding steroid dienone is 1. The van der Waals surface area contributed by atoms with Crippen LogP contribution in [0.1, 0.15) is 36.1 Å². The van der Waals surface area contributed by atoms with E-state index < -0.39 is 0 Å². The van der Waals surface area contributed by atoms with Gasteiger partial charge in [0.25, 0.3) is 0 Å². The van der Waals surface area contributed by atoms with Crippen LogP contribution in [0.15, 0.2) is 65.7 Å². The van der Waals surface area contributed by atoms with E-state index >= 15 is 0 Å². The fourth-order valence-corrected chi connectivity index (χ4v) is 5.88. The van der Waals surface area contributed by atoms with Crippen LogP contribution >= 0.6 is 15.9 Å². The quantitative estimate of drug-likeness (QED) is 0.465. The van der Waals surface area contributed by atoms with E-state index in [-0.39, 0.29) is 12.1 Å². The van der Waals surface area contributed by atoms with Crippen molar-refractivity contribution in [2.75, 3.05) is 14.2 Å². The zero-order valence-electron chi connectivity index (χ0n) is 16.7. The molecule has 1 fully saturated rings. The maximum Gasteiger partial charge on any atom is 0.118 e. The van der Waals surface area contributed by atoms with Gasteiger partial charge < -0.3 is 14.4 Å². The Morgan fingerprint density at radius 1 is 0.931 bits per heavy atom. The molecule has 0 radical (unpaired) electrons. The largest absolute Gasteiger partial charge is 0.497 e. The average molecular weight is 453 g/mol. The fraction of sp³-hybridized carbons (Fsp3) is 0.375. The summed E-state index contributed by atoms with van der Waals surface area (Å²) in [6, 6.07) is 17.5. The van der Waals surface area contributed by atoms with Gasteiger partial charge in [0.15, 0.2) is 0 Å². The number of amidine groups is 1. The molecular weight excluding hydrogens is 428 g/mol. The van der Waals surface area contributed by atoms with Crippen molar-refractivity contribution < 1.29 is 9.47 Å². The summed E-state index contributed by atoms with van der Waals surface area (Å²) in [7, 11) is 3.41. The Bertz CT molecular complexity index is 938. The van der Waals surface area contributed by atoms with Gasteiger partial charge in [-0.15, -0.1) is 0 Å². The first-order valence-electron chi connectivity index (χ1n) is 10.1. The Morgan fingerprint density at radius 2 is 1.55 bits per heavy atom. The summed E-state index contributed by atoms with van der Waals surface area (Å²) in [4.78, 5) is 8.28. The maximum atomic E-state index is 5.39. The Labute approximate surface area is 180 Å². The van der Waals surface area contributed by atoms with Gasteiger partial charge in [-0.2, -0.15) is 0 Å². The van der Waals surface area contributed by atoms with Crippen molar-refractivity contribution in [1.29, 1.82) is 0 Å². The summed E-state index contributed by atoms with van der Waals surface area (Å²) in [5.41, 5.74) is 2.50. The molecule has 3 aliphatic rings. The number of fused-ring (bicyclic) bond motifs is 3. The molecule has 5 atom stereocenters. The zero-order valence-corrected chi connectivity index (χ0v) is 18.2. The van der Waals surface area contributed by atoms with E-state index in [0.717, 1.165) is 24.3 Å². The molecule has 0 spiro atoms. The van der Waals surface area contributed by atoms with Crippen LogP contribution in [0.4, 0.5) is 0 Å². The molecule has 29 heavy (non-hydrogen) atoms. The number of aliphatic imine (C=N–C) groups is 1. The number of alkyl halides is 1. The molecular formula is C24H25BrN2O2. The zero-order chi connectivity index (χ0) is 20.0. The molecule has 2 aromatic carbocycles. The molecule has 2 heterocycles. The van der Waals surface area contributed by atoms with Crippen molar-refractivity contribution >= 4 is 21.8 Å². The molecule has 150 valence electrons. The van der Waals surface area contributed by atoms with Crippen LogP contribution in [-0.2, 0) is 0 Å². The fourth-order valence-electron chi connectivity index (χ4n) is 5.01. The van der Waals surface area contributed by atoms with Gasteiger partial charge in [-0.3, -0.25) is 4.99 Å². The summed E-state index contributed by atoms with van der Waals surface area (Å²) in [5.74, 6) is 3.52. The van der Waals surface area contributed by atoms with Gasteiger partial charge >= 0.3 is 0 Å². The van der Waals surface area contributed by atoms with Gasteiger partial charge in [-0.05, 0) is 41.8 Å². The van der Waals surface area contributed by atoms with E-state index in [2.05, 4.69) is 69.4 Å². The van der Waals surface area contributed by atoms with Crippen molar-refractivity contribution in [3.63, 3.8) is 0 Å². The van der Waals surface area contributed by atoms with Crippen molar-refractivity contribution in [2.24, 2.45) is 10.9 Å². The number of ether oxygens (including phenoxy) is 2. The lowest BCUT2D eigenvalue weighted by molar-refractivity contribution is 0.221. The smallest absolute Gasteiger partial charge is 0.118 e. The van der Waals surface area contributed by atoms with Crippen molar-refractivity contribution in [2.45, 2.75) is 35.8 Å². The van der Waals surface area contributed by atoms with Crippen LogP contribution in [0.5, 0.6) is 11.5 Å². The highest BCUT2D eigenvalue weighted by atomic mass is 79.9. The summed E-state index contributed by atoms with van der Waals surface area (Å²) < 4.78 is 10.7. The Balaban J connectivity index is 1.57. The highest BCUT2D eigenvalue weighted by Crippen LogP contribution is 2.51. The molecule has 1 aliphatic carbocycles. The number of hydrogen-bond acceptors (Lipinski definition) is 4. The molecule has 0 aromatic heterocycles. The standard InChI is InChI=1S/C24H25BrN2O2/c1-28-18-10-6-15(7-11-18)22-24(16-8-12-19(29-2)13-9-16)27-21(26-22)14-17-4-3-5-20(25)23(17)27/h3-4,6-13,17,20,22-24H,5,14H2,1-2H3/t17?,20-,22-,23?,24-/m1/s1. The van der Waals surface area contributed by atoms with Crippen molar-refractivity contribution in [3.05, 3.63) is 71.8 Å². The van der Waals surface area contributed by atoms with E-state index in [9.17, 15) is 0 Å². The van der Waals surface area contributed by atoms with E-state index in [1.165, 1.54) is 17.0 Å². The van der Waals surface area contributed by atoms with E-state index in [1.807, 2.05) is 12.1 Å². The van der Waals surface area contributed by atoms with Gasteiger partial charge in [-0.25, -0.2) is 0 Å². The lowest BCUT2D eigenvalue weighted by Crippen LogP contribution is -2.43. The number of rotatable bonds is 4. The number of hydrogen-bond donors (Lipinski definition) is 0. The number of methoxy groups -OCH3 is 2. The second kappa shape index (κ2) is 7.52. The van der Waals surface area contributed by atoms with Crippen LogP contribution in [0, 0.1) is 5.92 Å². The molecule has 0 saturated carbocycles. The Morgan fingerprint density at radius 3 is 2.17 bits per heavy atom. The summed E-state index contributed by atoms with van der Waals surface area (Å²) in [6.07, 6.45) is 6.78. The van der Waals surface area contributed by atoms with Gasteiger partial charge in [0.2, 0.25) is 0 Å². The third-order valence-corrected chi connectivity index (χ3v) is 7.31. The van der Waals surface area contributed by atoms with E-state index in [0.29, 0.717) is 16.8 Å². The lowest BCUT2D eigenvalue weighted by atomic mass is 9.87. The van der Waals surface area contributed by atoms with E-state index in [1.54, 1.807) is 14.2 Å². The first-order valence-corrected chi connectivity index (χ1v) is 11.0. The third kappa shape index (κ3) is 3.16. The molecule has 5 rings (SSSR count). The van der Waals surface area contributed by atoms with Gasteiger partial charge in [0.05, 0.1) is 26.3 Å².